The van der Waals surface area contributed by atoms with E-state index in [1.54, 1.807) is 0 Å². The Morgan fingerprint density at radius 3 is 2.43 bits per heavy atom. The molecule has 0 saturated carbocycles. The van der Waals surface area contributed by atoms with E-state index >= 15 is 0 Å². The third kappa shape index (κ3) is 7.51. The van der Waals surface area contributed by atoms with Crippen LogP contribution in [0.5, 0.6) is 11.5 Å². The SMILES string of the molecule is C=CCC[C@@H](c1ccc(OCc2ccccc2)c(OCC)c1)N1CCNCC1.Cl.Cl. The molecule has 1 aliphatic heterocycles. The maximum absolute atomic E-state index is 6.07. The Morgan fingerprint density at radius 2 is 1.77 bits per heavy atom. The molecule has 166 valence electrons. The first-order valence-corrected chi connectivity index (χ1v) is 10.3. The second kappa shape index (κ2) is 14.3. The quantitative estimate of drug-likeness (QED) is 0.487. The Balaban J connectivity index is 0.00000225. The number of piperazine rings is 1. The van der Waals surface area contributed by atoms with Crippen LogP contribution in [0.4, 0.5) is 0 Å². The van der Waals surface area contributed by atoms with E-state index in [9.17, 15) is 0 Å². The van der Waals surface area contributed by atoms with Crippen LogP contribution in [0.25, 0.3) is 0 Å². The molecule has 0 unspecified atom stereocenters. The van der Waals surface area contributed by atoms with Crippen molar-refractivity contribution in [1.82, 2.24) is 10.2 Å². The smallest absolute Gasteiger partial charge is 0.161 e. The van der Waals surface area contributed by atoms with Gasteiger partial charge < -0.3 is 14.8 Å². The number of rotatable bonds is 10. The second-order valence-electron chi connectivity index (χ2n) is 7.08. The van der Waals surface area contributed by atoms with Gasteiger partial charge in [-0.05, 0) is 43.0 Å². The van der Waals surface area contributed by atoms with Gasteiger partial charge in [0.15, 0.2) is 11.5 Å². The molecule has 4 nitrogen and oxygen atoms in total. The number of ether oxygens (including phenoxy) is 2. The molecule has 0 aliphatic carbocycles. The van der Waals surface area contributed by atoms with Crippen molar-refractivity contribution in [2.75, 3.05) is 32.8 Å². The molecular formula is C24H34Cl2N2O2. The molecule has 0 spiro atoms. The van der Waals surface area contributed by atoms with Crippen LogP contribution in [-0.2, 0) is 6.61 Å². The molecule has 1 aliphatic rings. The highest BCUT2D eigenvalue weighted by Crippen LogP contribution is 2.35. The number of hydrogen-bond acceptors (Lipinski definition) is 4. The molecule has 6 heteroatoms. The minimum atomic E-state index is 0. The first-order chi connectivity index (χ1) is 13.8. The normalized spacial score (nSPS) is 14.7. The topological polar surface area (TPSA) is 33.7 Å². The average molecular weight is 453 g/mol. The summed E-state index contributed by atoms with van der Waals surface area (Å²) in [6.07, 6.45) is 4.08. The lowest BCUT2D eigenvalue weighted by Gasteiger charge is -2.35. The maximum atomic E-state index is 6.07. The number of nitrogens with one attached hydrogen (secondary N) is 1. The molecule has 30 heavy (non-hydrogen) atoms. The summed E-state index contributed by atoms with van der Waals surface area (Å²) in [4.78, 5) is 2.57. The zero-order chi connectivity index (χ0) is 19.6. The first kappa shape index (κ1) is 26.3. The zero-order valence-corrected chi connectivity index (χ0v) is 19.4. The van der Waals surface area contributed by atoms with E-state index in [2.05, 4.69) is 47.1 Å². The lowest BCUT2D eigenvalue weighted by atomic mass is 9.99. The van der Waals surface area contributed by atoms with E-state index in [0.717, 1.165) is 56.1 Å². The van der Waals surface area contributed by atoms with Crippen LogP contribution in [0.15, 0.2) is 61.2 Å². The average Bonchev–Trinajstić information content (AvgIpc) is 2.75. The van der Waals surface area contributed by atoms with Gasteiger partial charge >= 0.3 is 0 Å². The number of nitrogens with zero attached hydrogens (tertiary/aromatic N) is 1. The maximum Gasteiger partial charge on any atom is 0.161 e. The van der Waals surface area contributed by atoms with E-state index in [1.165, 1.54) is 5.56 Å². The Bertz CT molecular complexity index is 737. The summed E-state index contributed by atoms with van der Waals surface area (Å²) in [7, 11) is 0. The fourth-order valence-electron chi connectivity index (χ4n) is 3.68. The molecule has 1 N–H and O–H groups in total. The van der Waals surface area contributed by atoms with Crippen molar-refractivity contribution in [2.45, 2.75) is 32.4 Å². The molecule has 1 atom stereocenters. The lowest BCUT2D eigenvalue weighted by Crippen LogP contribution is -2.45. The Kier molecular flexibility index (Phi) is 12.6. The molecule has 2 aromatic rings. The summed E-state index contributed by atoms with van der Waals surface area (Å²) >= 11 is 0. The molecule has 2 aromatic carbocycles. The minimum Gasteiger partial charge on any atom is -0.490 e. The molecule has 0 amide bonds. The summed E-state index contributed by atoms with van der Waals surface area (Å²) in [6.45, 7) is 11.3. The summed E-state index contributed by atoms with van der Waals surface area (Å²) < 4.78 is 12.0. The minimum absolute atomic E-state index is 0. The van der Waals surface area contributed by atoms with Crippen molar-refractivity contribution >= 4 is 24.8 Å². The van der Waals surface area contributed by atoms with Crippen LogP contribution in [0.2, 0.25) is 0 Å². The van der Waals surface area contributed by atoms with Gasteiger partial charge in [0.2, 0.25) is 0 Å². The van der Waals surface area contributed by atoms with Crippen molar-refractivity contribution in [1.29, 1.82) is 0 Å². The molecular weight excluding hydrogens is 419 g/mol. The van der Waals surface area contributed by atoms with E-state index in [1.807, 2.05) is 31.2 Å². The van der Waals surface area contributed by atoms with Crippen LogP contribution in [0.1, 0.15) is 36.9 Å². The van der Waals surface area contributed by atoms with Gasteiger partial charge in [0.05, 0.1) is 6.61 Å². The van der Waals surface area contributed by atoms with E-state index in [0.29, 0.717) is 19.3 Å². The highest BCUT2D eigenvalue weighted by molar-refractivity contribution is 5.85. The molecule has 0 bridgehead atoms. The van der Waals surface area contributed by atoms with Gasteiger partial charge in [-0.3, -0.25) is 4.90 Å². The van der Waals surface area contributed by atoms with Crippen molar-refractivity contribution < 1.29 is 9.47 Å². The number of benzene rings is 2. The van der Waals surface area contributed by atoms with Crippen LogP contribution in [0, 0.1) is 0 Å². The molecule has 0 aromatic heterocycles. The predicted molar refractivity (Wildman–Crippen MR) is 129 cm³/mol. The fraction of sp³-hybridized carbons (Fsp3) is 0.417. The van der Waals surface area contributed by atoms with Crippen molar-refractivity contribution in [3.05, 3.63) is 72.3 Å². The third-order valence-corrected chi connectivity index (χ3v) is 5.13. The fourth-order valence-corrected chi connectivity index (χ4v) is 3.68. The molecule has 1 fully saturated rings. The molecule has 0 radical (unpaired) electrons. The van der Waals surface area contributed by atoms with Crippen molar-refractivity contribution in [3.8, 4) is 11.5 Å². The van der Waals surface area contributed by atoms with Gasteiger partial charge in [-0.1, -0.05) is 42.5 Å². The van der Waals surface area contributed by atoms with Crippen molar-refractivity contribution in [2.24, 2.45) is 0 Å². The molecule has 1 saturated heterocycles. The third-order valence-electron chi connectivity index (χ3n) is 5.13. The van der Waals surface area contributed by atoms with Crippen LogP contribution in [0.3, 0.4) is 0 Å². The zero-order valence-electron chi connectivity index (χ0n) is 17.7. The summed E-state index contributed by atoms with van der Waals surface area (Å²) in [5.41, 5.74) is 2.44. The van der Waals surface area contributed by atoms with Crippen LogP contribution in [-0.4, -0.2) is 37.7 Å². The lowest BCUT2D eigenvalue weighted by molar-refractivity contribution is 0.165. The number of allylic oxidation sites excluding steroid dienone is 1. The van der Waals surface area contributed by atoms with Crippen molar-refractivity contribution in [3.63, 3.8) is 0 Å². The summed E-state index contributed by atoms with van der Waals surface area (Å²) in [6, 6.07) is 17.0. The predicted octanol–water partition coefficient (Wildman–Crippen LogP) is 5.42. The summed E-state index contributed by atoms with van der Waals surface area (Å²) in [5.74, 6) is 1.63. The molecule has 3 rings (SSSR count). The van der Waals surface area contributed by atoms with E-state index in [4.69, 9.17) is 9.47 Å². The van der Waals surface area contributed by atoms with Gasteiger partial charge in [0.25, 0.3) is 0 Å². The van der Waals surface area contributed by atoms with Gasteiger partial charge in [-0.25, -0.2) is 0 Å². The first-order valence-electron chi connectivity index (χ1n) is 10.3. The standard InChI is InChI=1S/C24H32N2O2.2ClH/c1-3-5-11-22(26-16-14-25-15-17-26)21-12-13-23(24(18-21)27-4-2)28-19-20-9-7-6-8-10-20;;/h3,6-10,12-13,18,22,25H,1,4-5,11,14-17,19H2,2H3;2*1H/t22-;;/m0../s1. The highest BCUT2D eigenvalue weighted by atomic mass is 35.5. The highest BCUT2D eigenvalue weighted by Gasteiger charge is 2.23. The Hall–Kier alpha value is -1.72. The van der Waals surface area contributed by atoms with Gasteiger partial charge in [0, 0.05) is 32.2 Å². The monoisotopic (exact) mass is 452 g/mol. The van der Waals surface area contributed by atoms with Gasteiger partial charge in [-0.15, -0.1) is 31.4 Å². The van der Waals surface area contributed by atoms with Gasteiger partial charge in [0.1, 0.15) is 6.61 Å². The number of halogens is 2. The number of hydrogen-bond donors (Lipinski definition) is 1. The largest absolute Gasteiger partial charge is 0.490 e. The van der Waals surface area contributed by atoms with E-state index < -0.39 is 0 Å². The van der Waals surface area contributed by atoms with Crippen LogP contribution >= 0.6 is 24.8 Å². The Morgan fingerprint density at radius 1 is 1.03 bits per heavy atom. The molecule has 1 heterocycles. The summed E-state index contributed by atoms with van der Waals surface area (Å²) in [5, 5.41) is 3.44. The second-order valence-corrected chi connectivity index (χ2v) is 7.08. The Labute approximate surface area is 193 Å². The van der Waals surface area contributed by atoms with Crippen LogP contribution < -0.4 is 14.8 Å². The van der Waals surface area contributed by atoms with E-state index in [-0.39, 0.29) is 24.8 Å². The van der Waals surface area contributed by atoms with Gasteiger partial charge in [-0.2, -0.15) is 0 Å².